The van der Waals surface area contributed by atoms with Crippen molar-refractivity contribution >= 4 is 16.0 Å². The predicted octanol–water partition coefficient (Wildman–Crippen LogP) is 1.37. The lowest BCUT2D eigenvalue weighted by Crippen LogP contribution is -2.34. The summed E-state index contributed by atoms with van der Waals surface area (Å²) < 4.78 is 31.5. The van der Waals surface area contributed by atoms with Gasteiger partial charge in [-0.1, -0.05) is 6.92 Å². The molecule has 7 heteroatoms. The first kappa shape index (κ1) is 15.3. The van der Waals surface area contributed by atoms with Crippen LogP contribution in [-0.2, 0) is 10.0 Å². The Morgan fingerprint density at radius 2 is 2.26 bits per heavy atom. The third kappa shape index (κ3) is 3.59. The number of aromatic carboxylic acids is 1. The number of sulfonamides is 1. The molecule has 0 amide bonds. The van der Waals surface area contributed by atoms with E-state index in [1.807, 2.05) is 0 Å². The van der Waals surface area contributed by atoms with Gasteiger partial charge in [-0.25, -0.2) is 17.9 Å². The van der Waals surface area contributed by atoms with Crippen molar-refractivity contribution in [2.24, 2.45) is 0 Å². The molecule has 104 valence electrons. The molecule has 1 unspecified atom stereocenters. The average molecular weight is 285 g/mol. The maximum atomic E-state index is 12.1. The largest absolute Gasteiger partial charge is 0.475 e. The quantitative estimate of drug-likeness (QED) is 0.769. The Labute approximate surface area is 111 Å². The summed E-state index contributed by atoms with van der Waals surface area (Å²) in [5.74, 6) is 0.681. The first-order valence-corrected chi connectivity index (χ1v) is 7.09. The zero-order chi connectivity index (χ0) is 14.6. The summed E-state index contributed by atoms with van der Waals surface area (Å²) in [6.45, 7) is 3.19. The van der Waals surface area contributed by atoms with Gasteiger partial charge >= 0.3 is 5.97 Å². The monoisotopic (exact) mass is 285 g/mol. The molecule has 1 aromatic rings. The number of carboxylic acid groups (broad SMARTS) is 1. The highest BCUT2D eigenvalue weighted by molar-refractivity contribution is 7.89. The van der Waals surface area contributed by atoms with Crippen LogP contribution >= 0.6 is 0 Å². The number of carbonyl (C=O) groups is 1. The Morgan fingerprint density at radius 3 is 2.68 bits per heavy atom. The van der Waals surface area contributed by atoms with Crippen molar-refractivity contribution < 1.29 is 22.7 Å². The molecule has 19 heavy (non-hydrogen) atoms. The van der Waals surface area contributed by atoms with Crippen LogP contribution in [0.3, 0.4) is 0 Å². The Bertz CT molecular complexity index is 609. The van der Waals surface area contributed by atoms with Crippen LogP contribution in [0, 0.1) is 19.3 Å². The van der Waals surface area contributed by atoms with Crippen molar-refractivity contribution in [1.82, 2.24) is 4.72 Å². The Morgan fingerprint density at radius 1 is 1.63 bits per heavy atom. The molecule has 0 fully saturated rings. The normalized spacial score (nSPS) is 12.9. The SMILES string of the molecule is C#CCC(CC)NS(=O)(=O)c1cc(C(=O)O)oc1C. The van der Waals surface area contributed by atoms with E-state index in [1.165, 1.54) is 6.92 Å². The van der Waals surface area contributed by atoms with Crippen molar-refractivity contribution in [3.63, 3.8) is 0 Å². The summed E-state index contributed by atoms with van der Waals surface area (Å²) in [6.07, 6.45) is 5.95. The minimum absolute atomic E-state index is 0.0282. The number of rotatable bonds is 6. The van der Waals surface area contributed by atoms with Crippen LogP contribution in [0.4, 0.5) is 0 Å². The van der Waals surface area contributed by atoms with Gasteiger partial charge in [0.25, 0.3) is 0 Å². The molecule has 1 rings (SSSR count). The van der Waals surface area contributed by atoms with Gasteiger partial charge in [0.05, 0.1) is 0 Å². The van der Waals surface area contributed by atoms with Gasteiger partial charge in [0.15, 0.2) is 0 Å². The van der Waals surface area contributed by atoms with Crippen LogP contribution in [0.5, 0.6) is 0 Å². The number of carboxylic acids is 1. The van der Waals surface area contributed by atoms with Crippen molar-refractivity contribution in [2.75, 3.05) is 0 Å². The molecule has 0 radical (unpaired) electrons. The van der Waals surface area contributed by atoms with Gasteiger partial charge in [-0.15, -0.1) is 12.3 Å². The van der Waals surface area contributed by atoms with Crippen LogP contribution in [0.1, 0.15) is 36.1 Å². The zero-order valence-electron chi connectivity index (χ0n) is 10.6. The maximum absolute atomic E-state index is 12.1. The van der Waals surface area contributed by atoms with E-state index in [1.54, 1.807) is 6.92 Å². The first-order valence-electron chi connectivity index (χ1n) is 5.61. The van der Waals surface area contributed by atoms with Gasteiger partial charge in [0.1, 0.15) is 10.7 Å². The van der Waals surface area contributed by atoms with Gasteiger partial charge in [-0.3, -0.25) is 0 Å². The van der Waals surface area contributed by atoms with Crippen molar-refractivity contribution in [1.29, 1.82) is 0 Å². The number of terminal acetylenes is 1. The van der Waals surface area contributed by atoms with Crippen molar-refractivity contribution in [3.8, 4) is 12.3 Å². The Balaban J connectivity index is 3.07. The summed E-state index contributed by atoms with van der Waals surface area (Å²) >= 11 is 0. The van der Waals surface area contributed by atoms with Gasteiger partial charge in [0.2, 0.25) is 15.8 Å². The Hall–Kier alpha value is -1.78. The zero-order valence-corrected chi connectivity index (χ0v) is 11.5. The number of aryl methyl sites for hydroxylation is 1. The topological polar surface area (TPSA) is 96.6 Å². The van der Waals surface area contributed by atoms with Crippen LogP contribution in [0.15, 0.2) is 15.4 Å². The van der Waals surface area contributed by atoms with E-state index in [0.717, 1.165) is 6.07 Å². The van der Waals surface area contributed by atoms with Crippen LogP contribution in [0.25, 0.3) is 0 Å². The number of nitrogens with one attached hydrogen (secondary N) is 1. The number of furan rings is 1. The third-order valence-corrected chi connectivity index (χ3v) is 4.18. The smallest absolute Gasteiger partial charge is 0.371 e. The molecule has 6 nitrogen and oxygen atoms in total. The summed E-state index contributed by atoms with van der Waals surface area (Å²) in [7, 11) is -3.84. The minimum Gasteiger partial charge on any atom is -0.475 e. The molecule has 0 spiro atoms. The fraction of sp³-hybridized carbons (Fsp3) is 0.417. The third-order valence-electron chi connectivity index (χ3n) is 2.55. The van der Waals surface area contributed by atoms with Crippen molar-refractivity contribution in [2.45, 2.75) is 37.6 Å². The lowest BCUT2D eigenvalue weighted by Gasteiger charge is -2.13. The van der Waals surface area contributed by atoms with Gasteiger partial charge in [-0.2, -0.15) is 0 Å². The summed E-state index contributed by atoms with van der Waals surface area (Å²) in [5, 5.41) is 8.77. The van der Waals surface area contributed by atoms with Gasteiger partial charge < -0.3 is 9.52 Å². The molecule has 0 aliphatic heterocycles. The molecular formula is C12H15NO5S. The standard InChI is InChI=1S/C12H15NO5S/c1-4-6-9(5-2)13-19(16,17)11-7-10(12(14)15)18-8(11)3/h1,7,9,13H,5-6H2,2-3H3,(H,14,15). The van der Waals surface area contributed by atoms with Gasteiger partial charge in [0, 0.05) is 18.5 Å². The van der Waals surface area contributed by atoms with E-state index in [4.69, 9.17) is 15.9 Å². The fourth-order valence-electron chi connectivity index (χ4n) is 1.53. The molecule has 2 N–H and O–H groups in total. The second kappa shape index (κ2) is 5.91. The van der Waals surface area contributed by atoms with E-state index < -0.39 is 27.8 Å². The predicted molar refractivity (Wildman–Crippen MR) is 68.3 cm³/mol. The lowest BCUT2D eigenvalue weighted by atomic mass is 10.2. The molecule has 0 saturated carbocycles. The maximum Gasteiger partial charge on any atom is 0.371 e. The number of hydrogen-bond acceptors (Lipinski definition) is 4. The molecule has 0 aromatic carbocycles. The van der Waals surface area contributed by atoms with Crippen molar-refractivity contribution in [3.05, 3.63) is 17.6 Å². The lowest BCUT2D eigenvalue weighted by molar-refractivity contribution is 0.0661. The summed E-state index contributed by atoms with van der Waals surface area (Å²) in [6, 6.07) is 0.598. The Kier molecular flexibility index (Phi) is 4.75. The van der Waals surface area contributed by atoms with E-state index in [-0.39, 0.29) is 17.1 Å². The summed E-state index contributed by atoms with van der Waals surface area (Å²) in [5.41, 5.74) is 0. The number of hydrogen-bond donors (Lipinski definition) is 2. The molecule has 0 saturated heterocycles. The fourth-order valence-corrected chi connectivity index (χ4v) is 3.03. The van der Waals surface area contributed by atoms with E-state index in [0.29, 0.717) is 6.42 Å². The average Bonchev–Trinajstić information content (AvgIpc) is 2.71. The molecule has 0 aliphatic rings. The second-order valence-corrected chi connectivity index (χ2v) is 5.65. The molecule has 0 aliphatic carbocycles. The highest BCUT2D eigenvalue weighted by Crippen LogP contribution is 2.20. The van der Waals surface area contributed by atoms with Crippen LogP contribution < -0.4 is 4.72 Å². The first-order chi connectivity index (χ1) is 8.81. The molecule has 1 heterocycles. The molecule has 1 aromatic heterocycles. The van der Waals surface area contributed by atoms with Crippen LogP contribution in [0.2, 0.25) is 0 Å². The highest BCUT2D eigenvalue weighted by Gasteiger charge is 2.25. The van der Waals surface area contributed by atoms with E-state index in [2.05, 4.69) is 10.6 Å². The van der Waals surface area contributed by atoms with Crippen LogP contribution in [-0.4, -0.2) is 25.5 Å². The van der Waals surface area contributed by atoms with E-state index >= 15 is 0 Å². The van der Waals surface area contributed by atoms with E-state index in [9.17, 15) is 13.2 Å². The second-order valence-electron chi connectivity index (χ2n) is 3.97. The van der Waals surface area contributed by atoms with Gasteiger partial charge in [-0.05, 0) is 13.3 Å². The molecule has 1 atom stereocenters. The highest BCUT2D eigenvalue weighted by atomic mass is 32.2. The molecular weight excluding hydrogens is 270 g/mol. The molecule has 0 bridgehead atoms. The minimum atomic E-state index is -3.84. The summed E-state index contributed by atoms with van der Waals surface area (Å²) in [4.78, 5) is 10.6.